The van der Waals surface area contributed by atoms with Crippen LogP contribution in [0.5, 0.6) is 0 Å². The number of hydrogen-bond acceptors (Lipinski definition) is 3. The molecule has 1 atom stereocenters. The summed E-state index contributed by atoms with van der Waals surface area (Å²) in [6.45, 7) is 3.28. The Hall–Kier alpha value is -1.92. The number of benzene rings is 2. The van der Waals surface area contributed by atoms with Gasteiger partial charge in [-0.25, -0.2) is 12.8 Å². The van der Waals surface area contributed by atoms with Crippen LogP contribution in [0.15, 0.2) is 47.4 Å². The molecule has 0 saturated heterocycles. The number of aliphatic hydroxyl groups is 1. The molecule has 4 nitrogen and oxygen atoms in total. The molecule has 2 rings (SSSR count). The number of anilines is 1. The molecule has 21 heavy (non-hydrogen) atoms. The standard InChI is InChI=1S/C15H16FNO3S/c1-10-3-6-13(16)9-15(10)17-21(19,20)14-7-4-12(5-8-14)11(2)18/h3-9,11,17-18H,1-2H3. The summed E-state index contributed by atoms with van der Waals surface area (Å²) in [7, 11) is -3.79. The van der Waals surface area contributed by atoms with Gasteiger partial charge < -0.3 is 5.11 Å². The number of sulfonamides is 1. The first kappa shape index (κ1) is 15.5. The van der Waals surface area contributed by atoms with Crippen molar-refractivity contribution in [2.75, 3.05) is 4.72 Å². The maximum Gasteiger partial charge on any atom is 0.261 e. The predicted molar refractivity (Wildman–Crippen MR) is 79.0 cm³/mol. The van der Waals surface area contributed by atoms with Gasteiger partial charge in [-0.1, -0.05) is 18.2 Å². The first-order valence-corrected chi connectivity index (χ1v) is 7.85. The molecule has 0 heterocycles. The minimum atomic E-state index is -3.79. The van der Waals surface area contributed by atoms with Crippen LogP contribution in [0.4, 0.5) is 10.1 Å². The average molecular weight is 309 g/mol. The molecular formula is C15H16FNO3S. The summed E-state index contributed by atoms with van der Waals surface area (Å²) in [6.07, 6.45) is -0.667. The third-order valence-corrected chi connectivity index (χ3v) is 4.50. The van der Waals surface area contributed by atoms with Crippen LogP contribution in [-0.2, 0) is 10.0 Å². The van der Waals surface area contributed by atoms with E-state index in [9.17, 15) is 17.9 Å². The van der Waals surface area contributed by atoms with Crippen LogP contribution in [0.1, 0.15) is 24.2 Å². The van der Waals surface area contributed by atoms with Gasteiger partial charge in [0.2, 0.25) is 0 Å². The molecule has 0 spiro atoms. The van der Waals surface area contributed by atoms with E-state index in [1.807, 2.05) is 0 Å². The van der Waals surface area contributed by atoms with E-state index in [0.717, 1.165) is 6.07 Å². The number of aryl methyl sites for hydroxylation is 1. The van der Waals surface area contributed by atoms with E-state index in [1.165, 1.54) is 36.4 Å². The Morgan fingerprint density at radius 1 is 1.14 bits per heavy atom. The summed E-state index contributed by atoms with van der Waals surface area (Å²) in [5.41, 5.74) is 1.45. The summed E-state index contributed by atoms with van der Waals surface area (Å²) < 4.78 is 40.1. The number of aliphatic hydroxyl groups excluding tert-OH is 1. The first-order valence-electron chi connectivity index (χ1n) is 6.36. The normalized spacial score (nSPS) is 13.0. The Kier molecular flexibility index (Phi) is 4.29. The number of hydrogen-bond donors (Lipinski definition) is 2. The van der Waals surface area contributed by atoms with Gasteiger partial charge in [-0.2, -0.15) is 0 Å². The molecule has 2 aromatic carbocycles. The Labute approximate surface area is 123 Å². The SMILES string of the molecule is Cc1ccc(F)cc1NS(=O)(=O)c1ccc(C(C)O)cc1. The Morgan fingerprint density at radius 3 is 2.33 bits per heavy atom. The van der Waals surface area contributed by atoms with Crippen molar-refractivity contribution in [2.24, 2.45) is 0 Å². The van der Waals surface area contributed by atoms with Crippen molar-refractivity contribution in [3.8, 4) is 0 Å². The van der Waals surface area contributed by atoms with E-state index in [-0.39, 0.29) is 10.6 Å². The second-order valence-corrected chi connectivity index (χ2v) is 6.49. The summed E-state index contributed by atoms with van der Waals surface area (Å²) in [5, 5.41) is 9.41. The Morgan fingerprint density at radius 2 is 1.76 bits per heavy atom. The highest BCUT2D eigenvalue weighted by molar-refractivity contribution is 7.92. The quantitative estimate of drug-likeness (QED) is 0.912. The van der Waals surface area contributed by atoms with Crippen LogP contribution in [0.25, 0.3) is 0 Å². The monoisotopic (exact) mass is 309 g/mol. The molecule has 0 aliphatic heterocycles. The molecule has 0 amide bonds. The smallest absolute Gasteiger partial charge is 0.261 e. The summed E-state index contributed by atoms with van der Waals surface area (Å²) in [4.78, 5) is 0.0514. The van der Waals surface area contributed by atoms with Crippen LogP contribution in [0.2, 0.25) is 0 Å². The molecule has 2 N–H and O–H groups in total. The molecule has 0 saturated carbocycles. The lowest BCUT2D eigenvalue weighted by Crippen LogP contribution is -2.14. The van der Waals surface area contributed by atoms with Crippen LogP contribution in [0.3, 0.4) is 0 Å². The Balaban J connectivity index is 2.31. The van der Waals surface area contributed by atoms with Crippen LogP contribution in [0, 0.1) is 12.7 Å². The fraction of sp³-hybridized carbons (Fsp3) is 0.200. The second-order valence-electron chi connectivity index (χ2n) is 4.81. The molecule has 0 aliphatic rings. The van der Waals surface area contributed by atoms with Gasteiger partial charge in [-0.15, -0.1) is 0 Å². The third-order valence-electron chi connectivity index (χ3n) is 3.12. The zero-order valence-corrected chi connectivity index (χ0v) is 12.5. The van der Waals surface area contributed by atoms with Gasteiger partial charge in [0.05, 0.1) is 16.7 Å². The third kappa shape index (κ3) is 3.59. The van der Waals surface area contributed by atoms with Crippen LogP contribution in [-0.4, -0.2) is 13.5 Å². The molecular weight excluding hydrogens is 293 g/mol. The van der Waals surface area contributed by atoms with E-state index in [2.05, 4.69) is 4.72 Å². The largest absolute Gasteiger partial charge is 0.389 e. The average Bonchev–Trinajstić information content (AvgIpc) is 2.43. The van der Waals surface area contributed by atoms with Crippen molar-refractivity contribution in [2.45, 2.75) is 24.8 Å². The maximum atomic E-state index is 13.2. The van der Waals surface area contributed by atoms with Crippen molar-refractivity contribution in [1.29, 1.82) is 0 Å². The van der Waals surface area contributed by atoms with Gasteiger partial charge in [0.15, 0.2) is 0 Å². The zero-order chi connectivity index (χ0) is 15.6. The molecule has 112 valence electrons. The minimum absolute atomic E-state index is 0.0514. The highest BCUT2D eigenvalue weighted by Crippen LogP contribution is 2.22. The van der Waals surface area contributed by atoms with E-state index in [4.69, 9.17) is 0 Å². The van der Waals surface area contributed by atoms with Gasteiger partial charge in [0.1, 0.15) is 5.82 Å². The molecule has 0 aromatic heterocycles. The van der Waals surface area contributed by atoms with E-state index < -0.39 is 21.9 Å². The van der Waals surface area contributed by atoms with Crippen molar-refractivity contribution in [3.63, 3.8) is 0 Å². The van der Waals surface area contributed by atoms with Crippen LogP contribution >= 0.6 is 0 Å². The van der Waals surface area contributed by atoms with Crippen molar-refractivity contribution >= 4 is 15.7 Å². The van der Waals surface area contributed by atoms with Gasteiger partial charge in [0.25, 0.3) is 10.0 Å². The molecule has 0 fully saturated rings. The topological polar surface area (TPSA) is 66.4 Å². The fourth-order valence-electron chi connectivity index (χ4n) is 1.83. The van der Waals surface area contributed by atoms with Crippen molar-refractivity contribution in [1.82, 2.24) is 0 Å². The van der Waals surface area contributed by atoms with E-state index >= 15 is 0 Å². The fourth-order valence-corrected chi connectivity index (χ4v) is 2.96. The second kappa shape index (κ2) is 5.83. The highest BCUT2D eigenvalue weighted by Gasteiger charge is 2.16. The lowest BCUT2D eigenvalue weighted by atomic mass is 10.1. The maximum absolute atomic E-state index is 13.2. The number of halogens is 1. The number of rotatable bonds is 4. The van der Waals surface area contributed by atoms with Gasteiger partial charge in [-0.05, 0) is 49.2 Å². The molecule has 0 bridgehead atoms. The van der Waals surface area contributed by atoms with Crippen LogP contribution < -0.4 is 4.72 Å². The summed E-state index contributed by atoms with van der Waals surface area (Å²) >= 11 is 0. The predicted octanol–water partition coefficient (Wildman–Crippen LogP) is 2.99. The molecule has 0 aliphatic carbocycles. The highest BCUT2D eigenvalue weighted by atomic mass is 32.2. The molecule has 2 aromatic rings. The Bertz CT molecular complexity index is 740. The summed E-state index contributed by atoms with van der Waals surface area (Å²) in [5.74, 6) is -0.511. The van der Waals surface area contributed by atoms with E-state index in [1.54, 1.807) is 13.8 Å². The minimum Gasteiger partial charge on any atom is -0.389 e. The first-order chi connectivity index (χ1) is 9.79. The molecule has 1 unspecified atom stereocenters. The van der Waals surface area contributed by atoms with Gasteiger partial charge in [-0.3, -0.25) is 4.72 Å². The van der Waals surface area contributed by atoms with Gasteiger partial charge >= 0.3 is 0 Å². The molecule has 6 heteroatoms. The van der Waals surface area contributed by atoms with Crippen molar-refractivity contribution < 1.29 is 17.9 Å². The van der Waals surface area contributed by atoms with E-state index in [0.29, 0.717) is 11.1 Å². The van der Waals surface area contributed by atoms with Crippen molar-refractivity contribution in [3.05, 3.63) is 59.4 Å². The lowest BCUT2D eigenvalue weighted by Gasteiger charge is -2.11. The number of nitrogens with one attached hydrogen (secondary N) is 1. The molecule has 0 radical (unpaired) electrons. The zero-order valence-electron chi connectivity index (χ0n) is 11.7. The van der Waals surface area contributed by atoms with Gasteiger partial charge in [0, 0.05) is 0 Å². The lowest BCUT2D eigenvalue weighted by molar-refractivity contribution is 0.199. The summed E-state index contributed by atoms with van der Waals surface area (Å²) in [6, 6.07) is 9.79.